The summed E-state index contributed by atoms with van der Waals surface area (Å²) in [5.41, 5.74) is -0.322. The molecule has 0 bridgehead atoms. The van der Waals surface area contributed by atoms with E-state index in [0.29, 0.717) is 5.91 Å². The molecule has 2 aliphatic heterocycles. The van der Waals surface area contributed by atoms with Crippen molar-refractivity contribution in [2.75, 3.05) is 19.6 Å². The van der Waals surface area contributed by atoms with Crippen LogP contribution in [-0.2, 0) is 11.3 Å². The molecule has 2 fully saturated rings. The van der Waals surface area contributed by atoms with Crippen LogP contribution in [0.2, 0.25) is 0 Å². The van der Waals surface area contributed by atoms with Gasteiger partial charge in [0, 0.05) is 54.7 Å². The van der Waals surface area contributed by atoms with Gasteiger partial charge in [0.15, 0.2) is 0 Å². The zero-order valence-electron chi connectivity index (χ0n) is 14.7. The molecule has 5 nitrogen and oxygen atoms in total. The second-order valence-electron chi connectivity index (χ2n) is 7.37. The van der Waals surface area contributed by atoms with E-state index in [1.54, 1.807) is 22.7 Å². The molecule has 0 aliphatic carbocycles. The number of thiazole rings is 2. The maximum Gasteiger partial charge on any atom is 0.231 e. The lowest BCUT2D eigenvalue weighted by Gasteiger charge is -2.43. The quantitative estimate of drug-likeness (QED) is 0.822. The fourth-order valence-corrected chi connectivity index (χ4v) is 5.90. The molecule has 2 atom stereocenters. The predicted octanol–water partition coefficient (Wildman–Crippen LogP) is 3.22. The Morgan fingerprint density at radius 1 is 1.28 bits per heavy atom. The smallest absolute Gasteiger partial charge is 0.231 e. The van der Waals surface area contributed by atoms with Gasteiger partial charge in [-0.2, -0.15) is 0 Å². The van der Waals surface area contributed by atoms with Crippen LogP contribution in [0.25, 0.3) is 0 Å². The Labute approximate surface area is 156 Å². The van der Waals surface area contributed by atoms with Gasteiger partial charge in [-0.15, -0.1) is 22.7 Å². The Bertz CT molecular complexity index is 716. The highest BCUT2D eigenvalue weighted by Crippen LogP contribution is 2.50. The molecule has 0 saturated carbocycles. The number of piperidine rings is 1. The molecule has 0 unspecified atom stereocenters. The van der Waals surface area contributed by atoms with Crippen LogP contribution >= 0.6 is 22.7 Å². The Balaban J connectivity index is 1.66. The summed E-state index contributed by atoms with van der Waals surface area (Å²) in [5.74, 6) is 0.525. The third-order valence-electron chi connectivity index (χ3n) is 5.54. The van der Waals surface area contributed by atoms with Crippen LogP contribution in [0.15, 0.2) is 23.2 Å². The van der Waals surface area contributed by atoms with Crippen LogP contribution in [0.1, 0.15) is 42.6 Å². The highest BCUT2D eigenvalue weighted by atomic mass is 32.1. The zero-order chi connectivity index (χ0) is 17.4. The number of carbonyl (C=O) groups is 1. The summed E-state index contributed by atoms with van der Waals surface area (Å²) in [7, 11) is 0. The minimum atomic E-state index is -0.322. The van der Waals surface area contributed by atoms with Crippen LogP contribution in [0.3, 0.4) is 0 Å². The lowest BCUT2D eigenvalue weighted by atomic mass is 9.71. The number of nitrogens with zero attached hydrogens (tertiary/aromatic N) is 4. The summed E-state index contributed by atoms with van der Waals surface area (Å²) in [6, 6.07) is 0.259. The van der Waals surface area contributed by atoms with Gasteiger partial charge < -0.3 is 4.90 Å². The number of hydrogen-bond donors (Lipinski definition) is 0. The van der Waals surface area contributed by atoms with Crippen LogP contribution < -0.4 is 0 Å². The van der Waals surface area contributed by atoms with E-state index in [0.717, 1.165) is 49.0 Å². The fourth-order valence-electron chi connectivity index (χ4n) is 4.39. The molecule has 0 radical (unpaired) electrons. The molecule has 25 heavy (non-hydrogen) atoms. The van der Waals surface area contributed by atoms with Crippen LogP contribution in [-0.4, -0.2) is 51.4 Å². The molecular formula is C18H24N4OS2. The van der Waals surface area contributed by atoms with Gasteiger partial charge in [-0.1, -0.05) is 0 Å². The Hall–Kier alpha value is -1.31. The maximum absolute atomic E-state index is 13.5. The standard InChI is InChI=1S/C18H24N4OS2/c1-13(2)22-7-3-4-18(17(22)23)12-21(11-15-19-5-8-24-15)10-14(18)16-20-6-9-25-16/h5-6,8-9,13-14H,3-4,7,10-12H2,1-2H3/t14-,18-/m1/s1. The van der Waals surface area contributed by atoms with Crippen molar-refractivity contribution >= 4 is 28.6 Å². The monoisotopic (exact) mass is 376 g/mol. The minimum absolute atomic E-state index is 0.196. The van der Waals surface area contributed by atoms with Crippen molar-refractivity contribution in [1.82, 2.24) is 19.8 Å². The summed E-state index contributed by atoms with van der Waals surface area (Å²) in [4.78, 5) is 27.0. The third-order valence-corrected chi connectivity index (χ3v) is 7.19. The lowest BCUT2D eigenvalue weighted by Crippen LogP contribution is -2.54. The van der Waals surface area contributed by atoms with E-state index in [1.807, 2.05) is 23.2 Å². The van der Waals surface area contributed by atoms with E-state index in [4.69, 9.17) is 0 Å². The molecule has 0 aromatic carbocycles. The third kappa shape index (κ3) is 3.02. The molecule has 2 aliphatic rings. The molecule has 2 aromatic heterocycles. The number of rotatable bonds is 4. The molecule has 134 valence electrons. The molecular weight excluding hydrogens is 352 g/mol. The second-order valence-corrected chi connectivity index (χ2v) is 9.28. The molecule has 4 heterocycles. The molecule has 7 heteroatoms. The van der Waals surface area contributed by atoms with E-state index >= 15 is 0 Å². The normalized spacial score (nSPS) is 27.7. The summed E-state index contributed by atoms with van der Waals surface area (Å²) in [6.07, 6.45) is 5.77. The van der Waals surface area contributed by atoms with Crippen LogP contribution in [0.4, 0.5) is 0 Å². The highest BCUT2D eigenvalue weighted by molar-refractivity contribution is 7.09. The van der Waals surface area contributed by atoms with Gasteiger partial charge in [0.2, 0.25) is 5.91 Å². The van der Waals surface area contributed by atoms with E-state index in [2.05, 4.69) is 33.6 Å². The second kappa shape index (κ2) is 6.78. The largest absolute Gasteiger partial charge is 0.340 e. The number of aromatic nitrogens is 2. The zero-order valence-corrected chi connectivity index (χ0v) is 16.4. The van der Waals surface area contributed by atoms with Crippen molar-refractivity contribution in [2.24, 2.45) is 5.41 Å². The van der Waals surface area contributed by atoms with Gasteiger partial charge in [0.1, 0.15) is 5.01 Å². The van der Waals surface area contributed by atoms with E-state index < -0.39 is 0 Å². The Kier molecular flexibility index (Phi) is 4.64. The van der Waals surface area contributed by atoms with Gasteiger partial charge in [0.25, 0.3) is 0 Å². The molecule has 2 aromatic rings. The van der Waals surface area contributed by atoms with E-state index in [-0.39, 0.29) is 17.4 Å². The Morgan fingerprint density at radius 3 is 2.76 bits per heavy atom. The minimum Gasteiger partial charge on any atom is -0.340 e. The van der Waals surface area contributed by atoms with Crippen LogP contribution in [0.5, 0.6) is 0 Å². The summed E-state index contributed by atoms with van der Waals surface area (Å²) < 4.78 is 0. The number of carbonyl (C=O) groups excluding carboxylic acids is 1. The SMILES string of the molecule is CC(C)N1CCC[C@]2(CN(Cc3nccs3)C[C@@H]2c2nccs2)C1=O. The van der Waals surface area contributed by atoms with E-state index in [9.17, 15) is 4.79 Å². The number of likely N-dealkylation sites (tertiary alicyclic amines) is 2. The first-order valence-corrected chi connectivity index (χ1v) is 10.7. The topological polar surface area (TPSA) is 49.3 Å². The average molecular weight is 377 g/mol. The fraction of sp³-hybridized carbons (Fsp3) is 0.611. The summed E-state index contributed by atoms with van der Waals surface area (Å²) >= 11 is 3.38. The maximum atomic E-state index is 13.5. The first kappa shape index (κ1) is 17.1. The lowest BCUT2D eigenvalue weighted by molar-refractivity contribution is -0.148. The Morgan fingerprint density at radius 2 is 2.08 bits per heavy atom. The van der Waals surface area contributed by atoms with Crippen LogP contribution in [0, 0.1) is 5.41 Å². The van der Waals surface area contributed by atoms with Gasteiger partial charge in [-0.25, -0.2) is 9.97 Å². The molecule has 1 amide bonds. The highest BCUT2D eigenvalue weighted by Gasteiger charge is 2.56. The van der Waals surface area contributed by atoms with E-state index in [1.165, 1.54) is 0 Å². The van der Waals surface area contributed by atoms with Crippen molar-refractivity contribution in [3.8, 4) is 0 Å². The first-order chi connectivity index (χ1) is 12.1. The van der Waals surface area contributed by atoms with Gasteiger partial charge in [-0.05, 0) is 26.7 Å². The van der Waals surface area contributed by atoms with Crippen molar-refractivity contribution < 1.29 is 4.79 Å². The average Bonchev–Trinajstić information content (AvgIpc) is 3.32. The predicted molar refractivity (Wildman–Crippen MR) is 101 cm³/mol. The number of amides is 1. The first-order valence-electron chi connectivity index (χ1n) is 8.91. The molecule has 2 saturated heterocycles. The molecule has 0 N–H and O–H groups in total. The van der Waals surface area contributed by atoms with Crippen molar-refractivity contribution in [2.45, 2.75) is 45.2 Å². The summed E-state index contributed by atoms with van der Waals surface area (Å²) in [5, 5.41) is 6.28. The van der Waals surface area contributed by atoms with Gasteiger partial charge in [0.05, 0.1) is 17.0 Å². The van der Waals surface area contributed by atoms with Crippen molar-refractivity contribution in [3.63, 3.8) is 0 Å². The van der Waals surface area contributed by atoms with Crippen molar-refractivity contribution in [1.29, 1.82) is 0 Å². The molecule has 1 spiro atoms. The van der Waals surface area contributed by atoms with Crippen molar-refractivity contribution in [3.05, 3.63) is 33.2 Å². The van der Waals surface area contributed by atoms with Gasteiger partial charge in [-0.3, -0.25) is 9.69 Å². The van der Waals surface area contributed by atoms with Gasteiger partial charge >= 0.3 is 0 Å². The summed E-state index contributed by atoms with van der Waals surface area (Å²) in [6.45, 7) is 7.67. The molecule has 4 rings (SSSR count). The number of hydrogen-bond acceptors (Lipinski definition) is 6.